The van der Waals surface area contributed by atoms with Crippen molar-refractivity contribution in [2.45, 2.75) is 0 Å². The van der Waals surface area contributed by atoms with Gasteiger partial charge >= 0.3 is 341 Å². The van der Waals surface area contributed by atoms with Crippen LogP contribution in [0.4, 0.5) is 0 Å². The third-order valence-corrected chi connectivity index (χ3v) is 16.1. The van der Waals surface area contributed by atoms with E-state index in [0.717, 1.165) is 0 Å². The van der Waals surface area contributed by atoms with E-state index in [2.05, 4.69) is 206 Å². The van der Waals surface area contributed by atoms with Crippen molar-refractivity contribution in [3.63, 3.8) is 0 Å². The van der Waals surface area contributed by atoms with E-state index in [-0.39, 0.29) is 14.5 Å². The molecule has 0 saturated carbocycles. The maximum atomic E-state index is 2.52. The Bertz CT molecular complexity index is 3770. The topological polar surface area (TPSA) is 0 Å². The van der Waals surface area contributed by atoms with Crippen LogP contribution in [0.1, 0.15) is 0 Å². The van der Waals surface area contributed by atoms with E-state index in [1.165, 1.54) is 127 Å². The van der Waals surface area contributed by atoms with Gasteiger partial charge in [-0.3, -0.25) is 0 Å². The van der Waals surface area contributed by atoms with E-state index in [9.17, 15) is 0 Å². The summed E-state index contributed by atoms with van der Waals surface area (Å²) in [5.41, 5.74) is 10.4. The molecule has 278 valence electrons. The molecule has 13 rings (SSSR count). The van der Waals surface area contributed by atoms with Crippen LogP contribution in [-0.2, 0) is 0 Å². The molecule has 0 aliphatic carbocycles. The molecule has 0 nitrogen and oxygen atoms in total. The van der Waals surface area contributed by atoms with Gasteiger partial charge in [0.15, 0.2) is 0 Å². The van der Waals surface area contributed by atoms with Crippen LogP contribution < -0.4 is 0 Å². The SMILES string of the molecule is c1ccc(-c2c3ccccc3c(-c3cccc4[se]c5cc(-c6c7ccccc7c(-c7ccc8sc9ccccc9c8c7)c7ccccc67)ccc5c34)c3ccccc23)cc1. The first-order valence-electron chi connectivity index (χ1n) is 20.6. The van der Waals surface area contributed by atoms with Gasteiger partial charge in [-0.25, -0.2) is 0 Å². The van der Waals surface area contributed by atoms with Crippen LogP contribution in [0.25, 0.3) is 127 Å². The molecule has 2 aromatic heterocycles. The third-order valence-electron chi connectivity index (χ3n) is 12.6. The molecule has 0 N–H and O–H groups in total. The Morgan fingerprint density at radius 2 is 0.733 bits per heavy atom. The van der Waals surface area contributed by atoms with E-state index in [4.69, 9.17) is 0 Å². The number of rotatable bonds is 4. The summed E-state index contributed by atoms with van der Waals surface area (Å²) in [6.45, 7) is 0. The first kappa shape index (κ1) is 34.1. The maximum absolute atomic E-state index is 2.52. The quantitative estimate of drug-likeness (QED) is 0.122. The van der Waals surface area contributed by atoms with E-state index in [1.807, 2.05) is 11.3 Å². The fourth-order valence-corrected chi connectivity index (χ4v) is 13.7. The van der Waals surface area contributed by atoms with Crippen LogP contribution in [0.5, 0.6) is 0 Å². The molecule has 0 spiro atoms. The van der Waals surface area contributed by atoms with Crippen LogP contribution in [0, 0.1) is 0 Å². The Balaban J connectivity index is 1.04. The van der Waals surface area contributed by atoms with E-state index >= 15 is 0 Å². The van der Waals surface area contributed by atoms with E-state index < -0.39 is 0 Å². The van der Waals surface area contributed by atoms with Crippen LogP contribution in [0.3, 0.4) is 0 Å². The Hall–Kier alpha value is -6.80. The molecule has 0 bridgehead atoms. The third kappa shape index (κ3) is 5.03. The second kappa shape index (κ2) is 13.4. The van der Waals surface area contributed by atoms with Gasteiger partial charge in [0.2, 0.25) is 0 Å². The van der Waals surface area contributed by atoms with E-state index in [1.54, 1.807) is 0 Å². The Kier molecular flexibility index (Phi) is 7.59. The fourth-order valence-electron chi connectivity index (χ4n) is 10.2. The van der Waals surface area contributed by atoms with Gasteiger partial charge in [0.05, 0.1) is 0 Å². The zero-order valence-corrected chi connectivity index (χ0v) is 35.0. The summed E-state index contributed by atoms with van der Waals surface area (Å²) in [6, 6.07) is 77.3. The number of hydrogen-bond acceptors (Lipinski definition) is 1. The molecule has 2 heterocycles. The first-order valence-corrected chi connectivity index (χ1v) is 23.1. The van der Waals surface area contributed by atoms with Crippen molar-refractivity contribution in [3.8, 4) is 44.5 Å². The summed E-state index contributed by atoms with van der Waals surface area (Å²) in [6.07, 6.45) is 0. The molecule has 0 aliphatic rings. The summed E-state index contributed by atoms with van der Waals surface area (Å²) in [7, 11) is 0. The molecule has 0 radical (unpaired) electrons. The number of fused-ring (bicyclic) bond motifs is 10. The summed E-state index contributed by atoms with van der Waals surface area (Å²) >= 11 is 2.04. The Morgan fingerprint density at radius 3 is 1.33 bits per heavy atom. The van der Waals surface area contributed by atoms with Crippen molar-refractivity contribution in [1.29, 1.82) is 0 Å². The predicted molar refractivity (Wildman–Crippen MR) is 263 cm³/mol. The molecule has 0 atom stereocenters. The van der Waals surface area contributed by atoms with Crippen LogP contribution in [0.15, 0.2) is 206 Å². The van der Waals surface area contributed by atoms with Gasteiger partial charge in [-0.05, 0) is 6.07 Å². The minimum absolute atomic E-state index is 0.163. The van der Waals surface area contributed by atoms with Gasteiger partial charge in [0, 0.05) is 0 Å². The van der Waals surface area contributed by atoms with Gasteiger partial charge in [-0.1, -0.05) is 12.1 Å². The number of thiophene rings is 1. The second-order valence-corrected chi connectivity index (χ2v) is 19.2. The average Bonchev–Trinajstić information content (AvgIpc) is 3.88. The van der Waals surface area contributed by atoms with Crippen molar-refractivity contribution in [1.82, 2.24) is 0 Å². The molecule has 0 fully saturated rings. The van der Waals surface area contributed by atoms with Gasteiger partial charge in [0.25, 0.3) is 0 Å². The van der Waals surface area contributed by atoms with Gasteiger partial charge < -0.3 is 0 Å². The van der Waals surface area contributed by atoms with Crippen LogP contribution >= 0.6 is 11.3 Å². The van der Waals surface area contributed by atoms with Crippen molar-refractivity contribution < 1.29 is 0 Å². The fraction of sp³-hybridized carbons (Fsp3) is 0. The van der Waals surface area contributed by atoms with Crippen molar-refractivity contribution in [3.05, 3.63) is 206 Å². The monoisotopic (exact) mass is 842 g/mol. The predicted octanol–water partition coefficient (Wildman–Crippen LogP) is 16.7. The molecular formula is C58H34SSe. The van der Waals surface area contributed by atoms with E-state index in [0.29, 0.717) is 0 Å². The summed E-state index contributed by atoms with van der Waals surface area (Å²) < 4.78 is 5.57. The molecule has 0 saturated heterocycles. The number of hydrogen-bond donors (Lipinski definition) is 0. The van der Waals surface area contributed by atoms with Crippen molar-refractivity contribution >= 4 is 108 Å². The molecule has 0 unspecified atom stereocenters. The standard InChI is InChI=1S/C58H34SSe/c1-2-15-35(16-3-1)54-43-22-8-10-24-45(43)57(46-25-11-9-23-44(46)54)48-26-14-28-52-58(48)47-31-29-37(34-53(47)60-52)56-41-20-6-4-18-39(41)55(40-19-5-7-21-42(40)56)36-30-32-51-49(33-36)38-17-12-13-27-50(38)59-51/h1-34H. The Labute approximate surface area is 357 Å². The second-order valence-electron chi connectivity index (χ2n) is 15.8. The zero-order valence-electron chi connectivity index (χ0n) is 32.4. The first-order chi connectivity index (χ1) is 29.8. The minimum atomic E-state index is 0.163. The molecular weight excluding hydrogens is 808 g/mol. The van der Waals surface area contributed by atoms with Gasteiger partial charge in [-0.15, -0.1) is 0 Å². The van der Waals surface area contributed by atoms with Crippen LogP contribution in [0.2, 0.25) is 0 Å². The van der Waals surface area contributed by atoms with Gasteiger partial charge in [-0.2, -0.15) is 0 Å². The zero-order chi connectivity index (χ0) is 39.3. The molecule has 0 aliphatic heterocycles. The summed E-state index contributed by atoms with van der Waals surface area (Å²) in [4.78, 5) is 0. The van der Waals surface area contributed by atoms with Crippen molar-refractivity contribution in [2.75, 3.05) is 0 Å². The summed E-state index contributed by atoms with van der Waals surface area (Å²) in [5, 5.41) is 15.8. The molecule has 2 heteroatoms. The molecule has 13 aromatic rings. The number of benzene rings is 11. The summed E-state index contributed by atoms with van der Waals surface area (Å²) in [5.74, 6) is 0. The van der Waals surface area contributed by atoms with Crippen molar-refractivity contribution in [2.24, 2.45) is 0 Å². The molecule has 0 amide bonds. The molecule has 60 heavy (non-hydrogen) atoms. The Morgan fingerprint density at radius 1 is 0.267 bits per heavy atom. The average molecular weight is 842 g/mol. The van der Waals surface area contributed by atoms with Crippen LogP contribution in [-0.4, -0.2) is 14.5 Å². The normalized spacial score (nSPS) is 12.0. The van der Waals surface area contributed by atoms with Gasteiger partial charge in [0.1, 0.15) is 0 Å². The molecule has 11 aromatic carbocycles.